The number of anilines is 1. The Morgan fingerprint density at radius 3 is 2.52 bits per heavy atom. The zero-order valence-corrected chi connectivity index (χ0v) is 17.5. The minimum atomic E-state index is -0.211. The van der Waals surface area contributed by atoms with E-state index >= 15 is 0 Å². The Hall–Kier alpha value is -3.12. The maximum atomic E-state index is 12.9. The van der Waals surface area contributed by atoms with Crippen molar-refractivity contribution >= 4 is 22.6 Å². The van der Waals surface area contributed by atoms with Crippen molar-refractivity contribution in [3.63, 3.8) is 0 Å². The summed E-state index contributed by atoms with van der Waals surface area (Å²) in [6.07, 6.45) is 0. The minimum absolute atomic E-state index is 0.152. The number of quaternary nitrogens is 1. The Kier molecular flexibility index (Phi) is 6.34. The maximum Gasteiger partial charge on any atom is 0.322 e. The number of benzene rings is 2. The molecule has 152 valence electrons. The summed E-state index contributed by atoms with van der Waals surface area (Å²) in [7, 11) is 4.09. The molecular weight excluding hydrogens is 364 g/mol. The van der Waals surface area contributed by atoms with Gasteiger partial charge in [0.05, 0.1) is 39.2 Å². The first-order valence-electron chi connectivity index (χ1n) is 9.87. The highest BCUT2D eigenvalue weighted by Gasteiger charge is 2.18. The van der Waals surface area contributed by atoms with Crippen LogP contribution >= 0.6 is 0 Å². The van der Waals surface area contributed by atoms with Crippen LogP contribution in [-0.2, 0) is 6.54 Å². The number of pyridine rings is 1. The van der Waals surface area contributed by atoms with E-state index in [-0.39, 0.29) is 18.1 Å². The van der Waals surface area contributed by atoms with Crippen molar-refractivity contribution in [2.75, 3.05) is 32.5 Å². The fraction of sp³-hybridized carbons (Fsp3) is 0.304. The smallest absolute Gasteiger partial charge is 0.322 e. The van der Waals surface area contributed by atoms with E-state index in [1.54, 1.807) is 4.90 Å². The largest absolute Gasteiger partial charge is 0.338 e. The van der Waals surface area contributed by atoms with Crippen molar-refractivity contribution < 1.29 is 9.69 Å². The highest BCUT2D eigenvalue weighted by molar-refractivity contribution is 5.89. The van der Waals surface area contributed by atoms with Gasteiger partial charge in [-0.05, 0) is 48.6 Å². The van der Waals surface area contributed by atoms with Crippen LogP contribution in [0.2, 0.25) is 0 Å². The summed E-state index contributed by atoms with van der Waals surface area (Å²) >= 11 is 0. The third-order valence-corrected chi connectivity index (χ3v) is 5.18. The van der Waals surface area contributed by atoms with E-state index in [2.05, 4.69) is 16.4 Å². The van der Waals surface area contributed by atoms with Crippen molar-refractivity contribution in [3.05, 3.63) is 75.6 Å². The Labute approximate surface area is 171 Å². The molecule has 0 saturated carbocycles. The molecule has 0 fully saturated rings. The maximum absolute atomic E-state index is 12.9. The van der Waals surface area contributed by atoms with Crippen LogP contribution in [0, 0.1) is 13.8 Å². The number of carbonyl (C=O) groups is 1. The van der Waals surface area contributed by atoms with Crippen molar-refractivity contribution in [3.8, 4) is 0 Å². The van der Waals surface area contributed by atoms with Crippen LogP contribution < -0.4 is 15.8 Å². The lowest BCUT2D eigenvalue weighted by Crippen LogP contribution is -3.06. The molecule has 6 nitrogen and oxygen atoms in total. The zero-order valence-electron chi connectivity index (χ0n) is 17.5. The van der Waals surface area contributed by atoms with Gasteiger partial charge in [-0.3, -0.25) is 4.79 Å². The summed E-state index contributed by atoms with van der Waals surface area (Å²) < 4.78 is 0. The van der Waals surface area contributed by atoms with E-state index in [0.717, 1.165) is 34.3 Å². The first-order chi connectivity index (χ1) is 13.8. The molecule has 1 heterocycles. The van der Waals surface area contributed by atoms with Gasteiger partial charge in [-0.1, -0.05) is 30.3 Å². The molecule has 3 aromatic rings. The number of likely N-dealkylation sites (N-methyl/N-ethyl adjacent to an activating group) is 1. The van der Waals surface area contributed by atoms with Crippen molar-refractivity contribution in [1.29, 1.82) is 0 Å². The third kappa shape index (κ3) is 5.03. The number of para-hydroxylation sites is 1. The van der Waals surface area contributed by atoms with Gasteiger partial charge >= 0.3 is 6.03 Å². The van der Waals surface area contributed by atoms with Crippen LogP contribution in [0.25, 0.3) is 10.9 Å². The first kappa shape index (κ1) is 20.6. The number of aromatic amines is 1. The van der Waals surface area contributed by atoms with E-state index in [1.165, 1.54) is 4.90 Å². The molecule has 3 rings (SSSR count). The van der Waals surface area contributed by atoms with Gasteiger partial charge in [0.25, 0.3) is 5.56 Å². The molecule has 0 saturated heterocycles. The molecule has 2 amide bonds. The number of H-pyrrole nitrogens is 1. The van der Waals surface area contributed by atoms with Crippen LogP contribution in [-0.4, -0.2) is 43.1 Å². The molecule has 0 bridgehead atoms. The second kappa shape index (κ2) is 8.92. The number of rotatable bonds is 6. The Morgan fingerprint density at radius 1 is 1.10 bits per heavy atom. The summed E-state index contributed by atoms with van der Waals surface area (Å²) in [5.41, 5.74) is 4.23. The Balaban J connectivity index is 1.88. The molecule has 0 aliphatic heterocycles. The number of urea groups is 1. The van der Waals surface area contributed by atoms with Crippen molar-refractivity contribution in [1.82, 2.24) is 9.88 Å². The summed E-state index contributed by atoms with van der Waals surface area (Å²) in [6.45, 7) is 5.62. The molecule has 0 aliphatic carbocycles. The number of nitrogens with one attached hydrogen (secondary N) is 3. The predicted molar refractivity (Wildman–Crippen MR) is 118 cm³/mol. The van der Waals surface area contributed by atoms with Gasteiger partial charge in [-0.2, -0.15) is 0 Å². The quantitative estimate of drug-likeness (QED) is 0.602. The van der Waals surface area contributed by atoms with Gasteiger partial charge < -0.3 is 20.1 Å². The number of aromatic nitrogens is 1. The van der Waals surface area contributed by atoms with Crippen LogP contribution in [0.1, 0.15) is 16.7 Å². The molecule has 3 N–H and O–H groups in total. The number of carbonyl (C=O) groups excluding carboxylic acids is 1. The average molecular weight is 394 g/mol. The van der Waals surface area contributed by atoms with Crippen molar-refractivity contribution in [2.45, 2.75) is 20.4 Å². The SMILES string of the molecule is Cc1ccc2cc(CN(CC[NH+](C)C)C(=O)Nc3ccccc3)c(=O)[nH]c2c1C. The van der Waals surface area contributed by atoms with E-state index in [1.807, 2.05) is 70.4 Å². The topological polar surface area (TPSA) is 69.6 Å². The molecule has 29 heavy (non-hydrogen) atoms. The molecular formula is C23H29N4O2+. The van der Waals surface area contributed by atoms with Gasteiger partial charge in [0.1, 0.15) is 0 Å². The average Bonchev–Trinajstić information content (AvgIpc) is 2.69. The van der Waals surface area contributed by atoms with Gasteiger partial charge in [-0.15, -0.1) is 0 Å². The summed E-state index contributed by atoms with van der Waals surface area (Å²) in [4.78, 5) is 31.6. The van der Waals surface area contributed by atoms with E-state index in [4.69, 9.17) is 0 Å². The summed E-state index contributed by atoms with van der Waals surface area (Å²) in [5.74, 6) is 0. The number of aryl methyl sites for hydroxylation is 2. The molecule has 0 spiro atoms. The second-order valence-corrected chi connectivity index (χ2v) is 7.77. The number of hydrogen-bond donors (Lipinski definition) is 3. The number of amides is 2. The number of fused-ring (bicyclic) bond motifs is 1. The van der Waals surface area contributed by atoms with E-state index in [0.29, 0.717) is 12.1 Å². The Bertz CT molecular complexity index is 1060. The standard InChI is InChI=1S/C23H28N4O2/c1-16-10-11-18-14-19(22(28)25-21(18)17(16)2)15-27(13-12-26(3)4)23(29)24-20-8-6-5-7-9-20/h5-11,14H,12-13,15H2,1-4H3,(H,24,29)(H,25,28)/p+1. The lowest BCUT2D eigenvalue weighted by Gasteiger charge is -2.23. The predicted octanol–water partition coefficient (Wildman–Crippen LogP) is 2.32. The normalized spacial score (nSPS) is 11.1. The molecule has 6 heteroatoms. The van der Waals surface area contributed by atoms with Gasteiger partial charge in [0.2, 0.25) is 0 Å². The highest BCUT2D eigenvalue weighted by atomic mass is 16.2. The zero-order chi connectivity index (χ0) is 21.0. The first-order valence-corrected chi connectivity index (χ1v) is 9.87. The highest BCUT2D eigenvalue weighted by Crippen LogP contribution is 2.19. The minimum Gasteiger partial charge on any atom is -0.338 e. The lowest BCUT2D eigenvalue weighted by atomic mass is 10.0. The Morgan fingerprint density at radius 2 is 1.83 bits per heavy atom. The van der Waals surface area contributed by atoms with E-state index in [9.17, 15) is 9.59 Å². The van der Waals surface area contributed by atoms with Crippen molar-refractivity contribution in [2.24, 2.45) is 0 Å². The van der Waals surface area contributed by atoms with Gasteiger partial charge in [-0.25, -0.2) is 4.79 Å². The number of nitrogens with zero attached hydrogens (tertiary/aromatic N) is 1. The fourth-order valence-corrected chi connectivity index (χ4v) is 3.23. The second-order valence-electron chi connectivity index (χ2n) is 7.77. The third-order valence-electron chi connectivity index (χ3n) is 5.18. The molecule has 1 aromatic heterocycles. The summed E-state index contributed by atoms with van der Waals surface area (Å²) in [5, 5.41) is 3.90. The van der Waals surface area contributed by atoms with Crippen LogP contribution in [0.3, 0.4) is 0 Å². The van der Waals surface area contributed by atoms with Crippen LogP contribution in [0.15, 0.2) is 53.3 Å². The monoisotopic (exact) mass is 393 g/mol. The fourth-order valence-electron chi connectivity index (χ4n) is 3.23. The molecule has 0 atom stereocenters. The molecule has 0 unspecified atom stereocenters. The molecule has 0 aliphatic rings. The summed E-state index contributed by atoms with van der Waals surface area (Å²) in [6, 6.07) is 15.1. The van der Waals surface area contributed by atoms with Crippen LogP contribution in [0.4, 0.5) is 10.5 Å². The lowest BCUT2D eigenvalue weighted by molar-refractivity contribution is -0.857. The van der Waals surface area contributed by atoms with Gasteiger partial charge in [0.15, 0.2) is 0 Å². The molecule has 0 radical (unpaired) electrons. The van der Waals surface area contributed by atoms with E-state index < -0.39 is 0 Å². The van der Waals surface area contributed by atoms with Gasteiger partial charge in [0, 0.05) is 11.3 Å². The van der Waals surface area contributed by atoms with Crippen LogP contribution in [0.5, 0.6) is 0 Å². The number of hydrogen-bond acceptors (Lipinski definition) is 2. The molecule has 2 aromatic carbocycles.